The Morgan fingerprint density at radius 2 is 2.14 bits per heavy atom. The molecule has 0 aromatic heterocycles. The Bertz CT molecular complexity index is 642. The quantitative estimate of drug-likeness (QED) is 0.836. The largest absolute Gasteiger partial charge is 0.344 e. The molecular formula is C17H18F2N2O. The number of carbonyl (C=O) groups excluding carboxylic acids is 1. The Balaban J connectivity index is 1.90. The van der Waals surface area contributed by atoms with Crippen LogP contribution in [-0.2, 0) is 4.79 Å². The Morgan fingerprint density at radius 3 is 2.77 bits per heavy atom. The topological polar surface area (TPSA) is 23.6 Å². The van der Waals surface area contributed by atoms with Crippen molar-refractivity contribution in [1.29, 1.82) is 0 Å². The van der Waals surface area contributed by atoms with Crippen molar-refractivity contribution >= 4 is 11.6 Å². The molecule has 0 N–H and O–H groups in total. The van der Waals surface area contributed by atoms with Crippen molar-refractivity contribution in [2.24, 2.45) is 0 Å². The smallest absolute Gasteiger partial charge is 0.220 e. The van der Waals surface area contributed by atoms with E-state index in [2.05, 4.69) is 0 Å². The first-order valence-electron chi connectivity index (χ1n) is 7.38. The minimum atomic E-state index is -1.22. The van der Waals surface area contributed by atoms with Gasteiger partial charge in [-0.2, -0.15) is 0 Å². The number of alkyl halides is 1. The second kappa shape index (κ2) is 5.91. The van der Waals surface area contributed by atoms with Gasteiger partial charge in [0.05, 0.1) is 6.04 Å². The zero-order valence-corrected chi connectivity index (χ0v) is 12.4. The highest BCUT2D eigenvalue weighted by molar-refractivity contribution is 5.74. The lowest BCUT2D eigenvalue weighted by atomic mass is 10.0. The lowest BCUT2D eigenvalue weighted by Gasteiger charge is -2.26. The van der Waals surface area contributed by atoms with Crippen molar-refractivity contribution in [3.05, 3.63) is 54.0 Å². The molecule has 1 amide bonds. The number of carbonyl (C=O) groups is 1. The number of likely N-dealkylation sites (tertiary alicyclic amines) is 1. The van der Waals surface area contributed by atoms with E-state index < -0.39 is 18.0 Å². The number of halogens is 2. The highest BCUT2D eigenvalue weighted by Gasteiger charge is 2.38. The summed E-state index contributed by atoms with van der Waals surface area (Å²) in [4.78, 5) is 14.9. The first-order valence-corrected chi connectivity index (χ1v) is 7.38. The number of rotatable bonds is 2. The number of nitrogens with zero attached hydrogens (tertiary/aromatic N) is 2. The van der Waals surface area contributed by atoms with Gasteiger partial charge in [-0.05, 0) is 24.6 Å². The zero-order valence-electron chi connectivity index (χ0n) is 12.4. The van der Waals surface area contributed by atoms with Gasteiger partial charge in [0, 0.05) is 37.5 Å². The Kier molecular flexibility index (Phi) is 3.96. The lowest BCUT2D eigenvalue weighted by molar-refractivity contribution is -0.130. The van der Waals surface area contributed by atoms with Crippen LogP contribution in [0.25, 0.3) is 0 Å². The van der Waals surface area contributed by atoms with Crippen LogP contribution in [0.4, 0.5) is 14.5 Å². The highest BCUT2D eigenvalue weighted by Crippen LogP contribution is 2.37. The maximum Gasteiger partial charge on any atom is 0.220 e. The number of amides is 1. The molecule has 0 radical (unpaired) electrons. The average molecular weight is 304 g/mol. The molecule has 3 nitrogen and oxygen atoms in total. The molecule has 2 heterocycles. The van der Waals surface area contributed by atoms with Crippen molar-refractivity contribution < 1.29 is 13.6 Å². The number of anilines is 1. The molecule has 22 heavy (non-hydrogen) atoms. The molecule has 0 saturated carbocycles. The summed E-state index contributed by atoms with van der Waals surface area (Å²) in [6.07, 6.45) is 6.67. The van der Waals surface area contributed by atoms with Gasteiger partial charge in [-0.25, -0.2) is 8.78 Å². The van der Waals surface area contributed by atoms with Gasteiger partial charge in [0.15, 0.2) is 0 Å². The second-order valence-electron chi connectivity index (χ2n) is 5.59. The van der Waals surface area contributed by atoms with Crippen LogP contribution in [0.2, 0.25) is 0 Å². The van der Waals surface area contributed by atoms with E-state index in [4.69, 9.17) is 0 Å². The van der Waals surface area contributed by atoms with Crippen LogP contribution >= 0.6 is 0 Å². The molecule has 2 aliphatic rings. The van der Waals surface area contributed by atoms with Crippen molar-refractivity contribution in [2.45, 2.75) is 25.6 Å². The van der Waals surface area contributed by atoms with Gasteiger partial charge in [0.25, 0.3) is 0 Å². The molecule has 1 aromatic carbocycles. The van der Waals surface area contributed by atoms with Gasteiger partial charge in [-0.15, -0.1) is 0 Å². The van der Waals surface area contributed by atoms with Crippen LogP contribution in [-0.4, -0.2) is 30.1 Å². The second-order valence-corrected chi connectivity index (χ2v) is 5.59. The Morgan fingerprint density at radius 1 is 1.32 bits per heavy atom. The molecule has 0 spiro atoms. The molecule has 0 aliphatic carbocycles. The number of allylic oxidation sites excluding steroid dienone is 2. The van der Waals surface area contributed by atoms with E-state index in [9.17, 15) is 13.6 Å². The fourth-order valence-electron chi connectivity index (χ4n) is 3.06. The summed E-state index contributed by atoms with van der Waals surface area (Å²) in [5.41, 5.74) is 0.963. The zero-order chi connectivity index (χ0) is 15.7. The van der Waals surface area contributed by atoms with Crippen LogP contribution in [0.5, 0.6) is 0 Å². The SMILES string of the molecule is CC(=O)N1CCC(F)C1c1ccc(N2C=CC=CC2)cc1F. The first kappa shape index (κ1) is 14.8. The van der Waals surface area contributed by atoms with Gasteiger partial charge in [0.1, 0.15) is 12.0 Å². The summed E-state index contributed by atoms with van der Waals surface area (Å²) in [7, 11) is 0. The summed E-state index contributed by atoms with van der Waals surface area (Å²) in [5.74, 6) is -0.695. The third kappa shape index (κ3) is 2.63. The van der Waals surface area contributed by atoms with E-state index in [1.54, 1.807) is 12.1 Å². The summed E-state index contributed by atoms with van der Waals surface area (Å²) < 4.78 is 28.6. The summed E-state index contributed by atoms with van der Waals surface area (Å²) in [5, 5.41) is 0. The number of hydrogen-bond donors (Lipinski definition) is 0. The maximum atomic E-state index is 14.5. The molecular weight excluding hydrogens is 286 g/mol. The van der Waals surface area contributed by atoms with Gasteiger partial charge < -0.3 is 9.80 Å². The highest BCUT2D eigenvalue weighted by atomic mass is 19.1. The van der Waals surface area contributed by atoms with Gasteiger partial charge in [-0.3, -0.25) is 4.79 Å². The molecule has 2 aliphatic heterocycles. The van der Waals surface area contributed by atoms with Gasteiger partial charge >= 0.3 is 0 Å². The van der Waals surface area contributed by atoms with Crippen molar-refractivity contribution in [3.8, 4) is 0 Å². The van der Waals surface area contributed by atoms with E-state index >= 15 is 0 Å². The average Bonchev–Trinajstić information content (AvgIpc) is 2.90. The fourth-order valence-corrected chi connectivity index (χ4v) is 3.06. The predicted octanol–water partition coefficient (Wildman–Crippen LogP) is 3.35. The van der Waals surface area contributed by atoms with E-state index in [-0.39, 0.29) is 17.9 Å². The normalized spacial score (nSPS) is 24.1. The van der Waals surface area contributed by atoms with Crippen LogP contribution in [0.15, 0.2) is 42.6 Å². The summed E-state index contributed by atoms with van der Waals surface area (Å²) in [6, 6.07) is 3.95. The molecule has 116 valence electrons. The molecule has 3 rings (SSSR count). The fraction of sp³-hybridized carbons (Fsp3) is 0.353. The van der Waals surface area contributed by atoms with E-state index in [1.807, 2.05) is 29.3 Å². The van der Waals surface area contributed by atoms with E-state index in [1.165, 1.54) is 17.9 Å². The van der Waals surface area contributed by atoms with Gasteiger partial charge in [-0.1, -0.05) is 18.2 Å². The summed E-state index contributed by atoms with van der Waals surface area (Å²) in [6.45, 7) is 2.40. The number of benzene rings is 1. The van der Waals surface area contributed by atoms with Crippen LogP contribution in [0.3, 0.4) is 0 Å². The van der Waals surface area contributed by atoms with E-state index in [0.717, 1.165) is 0 Å². The molecule has 2 atom stereocenters. The Hall–Kier alpha value is -2.17. The standard InChI is InChI=1S/C17H18F2N2O/c1-12(22)21-10-7-15(18)17(21)14-6-5-13(11-16(14)19)20-8-3-2-4-9-20/h2-6,8,11,15,17H,7,9-10H2,1H3. The predicted molar refractivity (Wildman–Crippen MR) is 81.7 cm³/mol. The molecule has 1 fully saturated rings. The molecule has 2 unspecified atom stereocenters. The lowest BCUT2D eigenvalue weighted by Crippen LogP contribution is -2.31. The van der Waals surface area contributed by atoms with Crippen LogP contribution < -0.4 is 4.90 Å². The molecule has 1 saturated heterocycles. The Labute approximate surface area is 128 Å². The first-order chi connectivity index (χ1) is 10.6. The molecule has 1 aromatic rings. The van der Waals surface area contributed by atoms with Crippen LogP contribution in [0.1, 0.15) is 24.9 Å². The minimum absolute atomic E-state index is 0.224. The third-order valence-electron chi connectivity index (χ3n) is 4.18. The maximum absolute atomic E-state index is 14.5. The van der Waals surface area contributed by atoms with E-state index in [0.29, 0.717) is 18.8 Å². The van der Waals surface area contributed by atoms with Gasteiger partial charge in [0.2, 0.25) is 5.91 Å². The monoisotopic (exact) mass is 304 g/mol. The van der Waals surface area contributed by atoms with Crippen molar-refractivity contribution in [3.63, 3.8) is 0 Å². The van der Waals surface area contributed by atoms with Crippen molar-refractivity contribution in [2.75, 3.05) is 18.0 Å². The van der Waals surface area contributed by atoms with Crippen molar-refractivity contribution in [1.82, 2.24) is 4.90 Å². The van der Waals surface area contributed by atoms with Crippen LogP contribution in [0, 0.1) is 5.82 Å². The molecule has 5 heteroatoms. The molecule has 0 bridgehead atoms. The minimum Gasteiger partial charge on any atom is -0.344 e. The third-order valence-corrected chi connectivity index (χ3v) is 4.18. The number of hydrogen-bond acceptors (Lipinski definition) is 2. The summed E-state index contributed by atoms with van der Waals surface area (Å²) >= 11 is 0.